The Morgan fingerprint density at radius 3 is 1.77 bits per heavy atom. The molecule has 11 rings (SSSR count). The van der Waals surface area contributed by atoms with Gasteiger partial charge in [0.25, 0.3) is 0 Å². The van der Waals surface area contributed by atoms with Crippen molar-refractivity contribution < 1.29 is 0 Å². The summed E-state index contributed by atoms with van der Waals surface area (Å²) in [5.41, 5.74) is 13.6. The van der Waals surface area contributed by atoms with Crippen molar-refractivity contribution in [2.45, 2.75) is 19.3 Å². The van der Waals surface area contributed by atoms with Crippen molar-refractivity contribution in [1.29, 1.82) is 0 Å². The van der Waals surface area contributed by atoms with Gasteiger partial charge in [-0.1, -0.05) is 178 Å². The van der Waals surface area contributed by atoms with Crippen LogP contribution in [-0.2, 0) is 5.41 Å². The fourth-order valence-corrected chi connectivity index (χ4v) is 9.49. The van der Waals surface area contributed by atoms with E-state index in [1.165, 1.54) is 87.6 Å². The standard InChI is InChI=1S/C55H39N/c1-55(2)52-23-8-7-20-49(52)51-35-43(30-33-53(51)55)56(42-17-9-16-40(34-42)46-21-10-14-36-12-3-5-18-44(36)46)41-28-24-38(25-29-41)47-22-11-15-39-27-31-48-45-19-6-4-13-37(45)26-32-50(48)54(39)47/h3-35H,1-2H3. The minimum Gasteiger partial charge on any atom is -0.310 e. The third-order valence-corrected chi connectivity index (χ3v) is 12.2. The topological polar surface area (TPSA) is 3.24 Å². The van der Waals surface area contributed by atoms with Crippen LogP contribution in [0, 0.1) is 0 Å². The number of hydrogen-bond acceptors (Lipinski definition) is 1. The number of benzene rings is 10. The average Bonchev–Trinajstić information content (AvgIpc) is 3.48. The Bertz CT molecular complexity index is 3160. The van der Waals surface area contributed by atoms with Crippen molar-refractivity contribution in [3.63, 3.8) is 0 Å². The van der Waals surface area contributed by atoms with Crippen LogP contribution in [-0.4, -0.2) is 0 Å². The van der Waals surface area contributed by atoms with Gasteiger partial charge in [-0.2, -0.15) is 0 Å². The van der Waals surface area contributed by atoms with Gasteiger partial charge >= 0.3 is 0 Å². The van der Waals surface area contributed by atoms with Gasteiger partial charge in [0.05, 0.1) is 0 Å². The van der Waals surface area contributed by atoms with E-state index in [2.05, 4.69) is 219 Å². The molecule has 10 aromatic carbocycles. The molecule has 10 aromatic rings. The zero-order valence-electron chi connectivity index (χ0n) is 31.5. The van der Waals surface area contributed by atoms with Gasteiger partial charge in [0.2, 0.25) is 0 Å². The molecule has 1 nitrogen and oxygen atoms in total. The molecule has 0 amide bonds. The van der Waals surface area contributed by atoms with Gasteiger partial charge in [-0.3, -0.25) is 0 Å². The van der Waals surface area contributed by atoms with Crippen LogP contribution < -0.4 is 4.90 Å². The lowest BCUT2D eigenvalue weighted by Crippen LogP contribution is -2.15. The van der Waals surface area contributed by atoms with Crippen LogP contribution in [0.25, 0.3) is 76.5 Å². The molecule has 1 heteroatoms. The Morgan fingerprint density at radius 1 is 0.321 bits per heavy atom. The first-order valence-corrected chi connectivity index (χ1v) is 19.6. The maximum absolute atomic E-state index is 2.43. The minimum absolute atomic E-state index is 0.0554. The summed E-state index contributed by atoms with van der Waals surface area (Å²) >= 11 is 0. The van der Waals surface area contributed by atoms with Crippen molar-refractivity contribution in [2.24, 2.45) is 0 Å². The number of hydrogen-bond donors (Lipinski definition) is 0. The molecule has 0 bridgehead atoms. The normalized spacial score (nSPS) is 13.0. The van der Waals surface area contributed by atoms with Crippen LogP contribution in [0.4, 0.5) is 17.1 Å². The van der Waals surface area contributed by atoms with Crippen molar-refractivity contribution in [2.75, 3.05) is 4.90 Å². The maximum atomic E-state index is 2.43. The molecular formula is C55H39N. The predicted octanol–water partition coefficient (Wildman–Crippen LogP) is 15.4. The summed E-state index contributed by atoms with van der Waals surface area (Å²) in [4.78, 5) is 2.43. The summed E-state index contributed by atoms with van der Waals surface area (Å²) in [6.45, 7) is 4.70. The summed E-state index contributed by atoms with van der Waals surface area (Å²) in [5.74, 6) is 0. The molecule has 0 heterocycles. The zero-order chi connectivity index (χ0) is 37.4. The highest BCUT2D eigenvalue weighted by Gasteiger charge is 2.35. The van der Waals surface area contributed by atoms with Gasteiger partial charge in [0, 0.05) is 22.5 Å². The molecule has 0 spiro atoms. The summed E-state index contributed by atoms with van der Waals surface area (Å²) in [6.07, 6.45) is 0. The molecule has 0 saturated heterocycles. The molecule has 0 N–H and O–H groups in total. The molecule has 0 aliphatic heterocycles. The first-order valence-electron chi connectivity index (χ1n) is 19.6. The van der Waals surface area contributed by atoms with E-state index in [1.54, 1.807) is 0 Å². The van der Waals surface area contributed by atoms with Crippen molar-refractivity contribution in [3.8, 4) is 33.4 Å². The monoisotopic (exact) mass is 713 g/mol. The lowest BCUT2D eigenvalue weighted by molar-refractivity contribution is 0.660. The van der Waals surface area contributed by atoms with Gasteiger partial charge in [-0.05, 0) is 124 Å². The highest BCUT2D eigenvalue weighted by Crippen LogP contribution is 2.51. The molecule has 0 atom stereocenters. The fourth-order valence-electron chi connectivity index (χ4n) is 9.49. The number of nitrogens with zero attached hydrogens (tertiary/aromatic N) is 1. The predicted molar refractivity (Wildman–Crippen MR) is 240 cm³/mol. The second-order valence-corrected chi connectivity index (χ2v) is 15.7. The molecular weight excluding hydrogens is 675 g/mol. The first kappa shape index (κ1) is 32.5. The van der Waals surface area contributed by atoms with Gasteiger partial charge in [0.1, 0.15) is 0 Å². The molecule has 0 radical (unpaired) electrons. The summed E-state index contributed by atoms with van der Waals surface area (Å²) in [7, 11) is 0. The Balaban J connectivity index is 1.08. The summed E-state index contributed by atoms with van der Waals surface area (Å²) in [6, 6.07) is 74.0. The quantitative estimate of drug-likeness (QED) is 0.161. The molecule has 264 valence electrons. The van der Waals surface area contributed by atoms with Crippen LogP contribution >= 0.6 is 0 Å². The molecule has 0 saturated carbocycles. The van der Waals surface area contributed by atoms with Gasteiger partial charge in [0.15, 0.2) is 0 Å². The molecule has 56 heavy (non-hydrogen) atoms. The van der Waals surface area contributed by atoms with E-state index in [9.17, 15) is 0 Å². The van der Waals surface area contributed by atoms with E-state index < -0.39 is 0 Å². The number of fused-ring (bicyclic) bond motifs is 9. The van der Waals surface area contributed by atoms with Crippen LogP contribution in [0.1, 0.15) is 25.0 Å². The summed E-state index contributed by atoms with van der Waals surface area (Å²) in [5, 5.41) is 10.2. The second kappa shape index (κ2) is 12.5. The SMILES string of the molecule is CC1(C)c2ccccc2-c2cc(N(c3ccc(-c4cccc5ccc6c7ccccc7ccc6c45)cc3)c3cccc(-c4cccc5ccccc45)c3)ccc21. The largest absolute Gasteiger partial charge is 0.310 e. The van der Waals surface area contributed by atoms with E-state index in [4.69, 9.17) is 0 Å². The summed E-state index contributed by atoms with van der Waals surface area (Å²) < 4.78 is 0. The Labute approximate surface area is 327 Å². The molecule has 1 aliphatic rings. The van der Waals surface area contributed by atoms with Crippen LogP contribution in [0.15, 0.2) is 200 Å². The van der Waals surface area contributed by atoms with Gasteiger partial charge in [-0.25, -0.2) is 0 Å². The first-order chi connectivity index (χ1) is 27.5. The van der Waals surface area contributed by atoms with E-state index >= 15 is 0 Å². The molecule has 0 aromatic heterocycles. The van der Waals surface area contributed by atoms with Gasteiger partial charge < -0.3 is 4.90 Å². The van der Waals surface area contributed by atoms with Gasteiger partial charge in [-0.15, -0.1) is 0 Å². The molecule has 0 unspecified atom stereocenters. The Morgan fingerprint density at radius 2 is 0.911 bits per heavy atom. The molecule has 0 fully saturated rings. The Kier molecular flexibility index (Phi) is 7.28. The number of rotatable bonds is 5. The third-order valence-electron chi connectivity index (χ3n) is 12.2. The smallest absolute Gasteiger partial charge is 0.0468 e. The lowest BCUT2D eigenvalue weighted by atomic mass is 9.82. The van der Waals surface area contributed by atoms with E-state index in [-0.39, 0.29) is 5.41 Å². The minimum atomic E-state index is -0.0554. The maximum Gasteiger partial charge on any atom is 0.0468 e. The fraction of sp³-hybridized carbons (Fsp3) is 0.0545. The highest BCUT2D eigenvalue weighted by atomic mass is 15.1. The number of anilines is 3. The highest BCUT2D eigenvalue weighted by molar-refractivity contribution is 6.21. The molecule has 1 aliphatic carbocycles. The average molecular weight is 714 g/mol. The third kappa shape index (κ3) is 5.01. The van der Waals surface area contributed by atoms with Crippen LogP contribution in [0.2, 0.25) is 0 Å². The van der Waals surface area contributed by atoms with Crippen molar-refractivity contribution in [1.82, 2.24) is 0 Å². The van der Waals surface area contributed by atoms with Crippen LogP contribution in [0.5, 0.6) is 0 Å². The van der Waals surface area contributed by atoms with E-state index in [1.807, 2.05) is 0 Å². The van der Waals surface area contributed by atoms with E-state index in [0.717, 1.165) is 17.1 Å². The van der Waals surface area contributed by atoms with Crippen LogP contribution in [0.3, 0.4) is 0 Å². The zero-order valence-corrected chi connectivity index (χ0v) is 31.5. The second-order valence-electron chi connectivity index (χ2n) is 15.7. The van der Waals surface area contributed by atoms with E-state index in [0.29, 0.717) is 0 Å². The van der Waals surface area contributed by atoms with Crippen molar-refractivity contribution >= 4 is 60.2 Å². The Hall–Kier alpha value is -6.96. The van der Waals surface area contributed by atoms with Crippen molar-refractivity contribution in [3.05, 3.63) is 211 Å². The lowest BCUT2D eigenvalue weighted by Gasteiger charge is -2.28.